The van der Waals surface area contributed by atoms with Crippen molar-refractivity contribution in [3.8, 4) is 11.5 Å². The summed E-state index contributed by atoms with van der Waals surface area (Å²) in [4.78, 5) is 14.5. The fourth-order valence-corrected chi connectivity index (χ4v) is 2.79. The van der Waals surface area contributed by atoms with Crippen LogP contribution in [0.4, 0.5) is 5.69 Å². The number of aliphatic hydroxyl groups is 1. The number of methoxy groups -OCH3 is 1. The number of ether oxygens (including phenoxy) is 2. The molecule has 24 heavy (non-hydrogen) atoms. The Bertz CT molecular complexity index is 757. The molecule has 1 amide bonds. The van der Waals surface area contributed by atoms with E-state index in [2.05, 4.69) is 6.58 Å². The molecule has 1 aliphatic heterocycles. The van der Waals surface area contributed by atoms with Crippen LogP contribution < -0.4 is 14.4 Å². The first kappa shape index (κ1) is 16.1. The molecule has 0 bridgehead atoms. The zero-order valence-corrected chi connectivity index (χ0v) is 13.4. The summed E-state index contributed by atoms with van der Waals surface area (Å²) in [7, 11) is 1.53. The Balaban J connectivity index is 2.14. The van der Waals surface area contributed by atoms with Gasteiger partial charge in [0.1, 0.15) is 0 Å². The van der Waals surface area contributed by atoms with Crippen LogP contribution in [0.2, 0.25) is 0 Å². The van der Waals surface area contributed by atoms with Gasteiger partial charge in [-0.2, -0.15) is 0 Å². The van der Waals surface area contributed by atoms with Crippen molar-refractivity contribution in [1.82, 2.24) is 0 Å². The van der Waals surface area contributed by atoms with Gasteiger partial charge in [-0.25, -0.2) is 0 Å². The third kappa shape index (κ3) is 2.74. The first-order valence-corrected chi connectivity index (χ1v) is 7.65. The Labute approximate surface area is 140 Å². The molecule has 0 fully saturated rings. The maximum atomic E-state index is 12.9. The summed E-state index contributed by atoms with van der Waals surface area (Å²) in [6.07, 6.45) is 0.917. The van der Waals surface area contributed by atoms with Gasteiger partial charge in [-0.15, -0.1) is 6.58 Å². The van der Waals surface area contributed by atoms with Crippen molar-refractivity contribution in [2.24, 2.45) is 0 Å². The summed E-state index contributed by atoms with van der Waals surface area (Å²) in [5.41, 5.74) is 2.00. The maximum Gasteiger partial charge on any atom is 0.273 e. The number of carbonyl (C=O) groups is 1. The second kappa shape index (κ2) is 6.76. The number of aliphatic hydroxyl groups excluding tert-OH is 1. The summed E-state index contributed by atoms with van der Waals surface area (Å²) >= 11 is 0. The Morgan fingerprint density at radius 1 is 1.33 bits per heavy atom. The van der Waals surface area contributed by atoms with Gasteiger partial charge in [0.05, 0.1) is 19.4 Å². The van der Waals surface area contributed by atoms with Gasteiger partial charge < -0.3 is 19.5 Å². The quantitative estimate of drug-likeness (QED) is 0.859. The van der Waals surface area contributed by atoms with Gasteiger partial charge in [0.25, 0.3) is 5.91 Å². The summed E-state index contributed by atoms with van der Waals surface area (Å²) < 4.78 is 11.4. The highest BCUT2D eigenvalue weighted by atomic mass is 16.5. The fraction of sp³-hybridized carbons (Fsp3) is 0.211. The van der Waals surface area contributed by atoms with Gasteiger partial charge in [0.15, 0.2) is 11.5 Å². The molecule has 2 aromatic rings. The largest absolute Gasteiger partial charge is 0.493 e. The van der Waals surface area contributed by atoms with Crippen molar-refractivity contribution in [2.45, 2.75) is 12.7 Å². The fourth-order valence-electron chi connectivity index (χ4n) is 2.79. The first-order valence-electron chi connectivity index (χ1n) is 7.65. The summed E-state index contributed by atoms with van der Waals surface area (Å²) in [6, 6.07) is 12.8. The summed E-state index contributed by atoms with van der Waals surface area (Å²) in [5.74, 6) is 0.801. The number of anilines is 1. The van der Waals surface area contributed by atoms with Crippen molar-refractivity contribution < 1.29 is 19.4 Å². The Morgan fingerprint density at radius 2 is 2.08 bits per heavy atom. The molecule has 3 rings (SSSR count). The zero-order chi connectivity index (χ0) is 17.1. The van der Waals surface area contributed by atoms with Gasteiger partial charge in [-0.3, -0.25) is 4.79 Å². The number of amides is 1. The summed E-state index contributed by atoms with van der Waals surface area (Å²) in [5, 5.41) is 9.45. The topological polar surface area (TPSA) is 59.0 Å². The lowest BCUT2D eigenvalue weighted by molar-refractivity contribution is -0.126. The van der Waals surface area contributed by atoms with Gasteiger partial charge >= 0.3 is 0 Å². The first-order chi connectivity index (χ1) is 11.7. The van der Waals surface area contributed by atoms with Crippen LogP contribution in [-0.4, -0.2) is 24.7 Å². The van der Waals surface area contributed by atoms with Crippen LogP contribution in [-0.2, 0) is 11.4 Å². The van der Waals surface area contributed by atoms with Crippen LogP contribution in [0.25, 0.3) is 0 Å². The number of nitrogens with zero attached hydrogens (tertiary/aromatic N) is 1. The van der Waals surface area contributed by atoms with Crippen molar-refractivity contribution in [2.75, 3.05) is 18.6 Å². The lowest BCUT2D eigenvalue weighted by atomic mass is 10.0. The highest BCUT2D eigenvalue weighted by Crippen LogP contribution is 2.45. The van der Waals surface area contributed by atoms with E-state index in [0.717, 1.165) is 5.56 Å². The molecule has 2 aromatic carbocycles. The molecule has 0 saturated carbocycles. The third-order valence-electron chi connectivity index (χ3n) is 3.93. The van der Waals surface area contributed by atoms with E-state index in [1.165, 1.54) is 7.11 Å². The van der Waals surface area contributed by atoms with Crippen LogP contribution >= 0.6 is 0 Å². The number of hydrogen-bond donors (Lipinski definition) is 1. The van der Waals surface area contributed by atoms with Crippen LogP contribution in [0.3, 0.4) is 0 Å². The maximum absolute atomic E-state index is 12.9. The molecule has 1 atom stereocenters. The van der Waals surface area contributed by atoms with E-state index in [1.54, 1.807) is 23.1 Å². The second-order valence-corrected chi connectivity index (χ2v) is 5.45. The zero-order valence-electron chi connectivity index (χ0n) is 13.4. The van der Waals surface area contributed by atoms with Crippen molar-refractivity contribution in [3.63, 3.8) is 0 Å². The molecule has 124 valence electrons. The molecule has 5 nitrogen and oxygen atoms in total. The molecule has 0 saturated heterocycles. The van der Waals surface area contributed by atoms with Crippen molar-refractivity contribution >= 4 is 11.6 Å². The van der Waals surface area contributed by atoms with Crippen molar-refractivity contribution in [3.05, 3.63) is 66.2 Å². The predicted octanol–water partition coefficient (Wildman–Crippen LogP) is 2.84. The van der Waals surface area contributed by atoms with Gasteiger partial charge in [0.2, 0.25) is 6.10 Å². The lowest BCUT2D eigenvalue weighted by Gasteiger charge is -2.35. The number of hydrogen-bond acceptors (Lipinski definition) is 4. The van der Waals surface area contributed by atoms with E-state index in [4.69, 9.17) is 9.47 Å². The molecule has 1 N–H and O–H groups in total. The number of carbonyl (C=O) groups excluding carboxylic acids is 1. The van der Waals surface area contributed by atoms with E-state index >= 15 is 0 Å². The lowest BCUT2D eigenvalue weighted by Crippen LogP contribution is -2.41. The third-order valence-corrected chi connectivity index (χ3v) is 3.93. The van der Waals surface area contributed by atoms with E-state index in [0.29, 0.717) is 29.3 Å². The molecule has 1 unspecified atom stereocenters. The standard InChI is InChI=1S/C19H19NO4/c1-3-9-20-15-10-13(12-21)11-16(23-2)18(15)24-17(19(20)22)14-7-5-4-6-8-14/h3-8,10-11,17,21H,1,9,12H2,2H3. The second-order valence-electron chi connectivity index (χ2n) is 5.45. The molecular formula is C19H19NO4. The molecule has 1 aliphatic rings. The van der Waals surface area contributed by atoms with Crippen LogP contribution in [0.15, 0.2) is 55.1 Å². The van der Waals surface area contributed by atoms with Gasteiger partial charge in [-0.1, -0.05) is 36.4 Å². The van der Waals surface area contributed by atoms with Gasteiger partial charge in [-0.05, 0) is 17.7 Å². The Kier molecular flexibility index (Phi) is 4.53. The minimum Gasteiger partial charge on any atom is -0.493 e. The molecule has 1 heterocycles. The van der Waals surface area contributed by atoms with Crippen molar-refractivity contribution in [1.29, 1.82) is 0 Å². The SMILES string of the molecule is C=CCN1C(=O)C(c2ccccc2)Oc2c(OC)cc(CO)cc21. The van der Waals surface area contributed by atoms with Crippen LogP contribution in [0, 0.1) is 0 Å². The Hall–Kier alpha value is -2.79. The molecule has 0 spiro atoms. The minimum atomic E-state index is -0.743. The predicted molar refractivity (Wildman–Crippen MR) is 91.3 cm³/mol. The van der Waals surface area contributed by atoms with E-state index < -0.39 is 6.10 Å². The molecule has 5 heteroatoms. The molecule has 0 aromatic heterocycles. The minimum absolute atomic E-state index is 0.151. The summed E-state index contributed by atoms with van der Waals surface area (Å²) in [6.45, 7) is 3.92. The average Bonchev–Trinajstić information content (AvgIpc) is 2.63. The smallest absolute Gasteiger partial charge is 0.273 e. The number of rotatable bonds is 5. The molecular weight excluding hydrogens is 306 g/mol. The normalized spacial score (nSPS) is 16.3. The van der Waals surface area contributed by atoms with E-state index in [1.807, 2.05) is 30.3 Å². The van der Waals surface area contributed by atoms with E-state index in [-0.39, 0.29) is 12.5 Å². The number of fused-ring (bicyclic) bond motifs is 1. The average molecular weight is 325 g/mol. The monoisotopic (exact) mass is 325 g/mol. The van der Waals surface area contributed by atoms with Crippen LogP contribution in [0.1, 0.15) is 17.2 Å². The highest BCUT2D eigenvalue weighted by Gasteiger charge is 2.37. The molecule has 0 radical (unpaired) electrons. The Morgan fingerprint density at radius 3 is 2.71 bits per heavy atom. The highest BCUT2D eigenvalue weighted by molar-refractivity contribution is 6.01. The van der Waals surface area contributed by atoms with E-state index in [9.17, 15) is 9.90 Å². The van der Waals surface area contributed by atoms with Gasteiger partial charge in [0, 0.05) is 12.1 Å². The molecule has 0 aliphatic carbocycles. The van der Waals surface area contributed by atoms with Crippen LogP contribution in [0.5, 0.6) is 11.5 Å². The number of benzene rings is 2.